The minimum atomic E-state index is -4.08. The Morgan fingerprint density at radius 3 is 2.24 bits per heavy atom. The summed E-state index contributed by atoms with van der Waals surface area (Å²) in [6.45, 7) is 15.7. The first-order chi connectivity index (χ1) is 19.4. The number of nitrogens with one attached hydrogen (secondary N) is 1. The topological polar surface area (TPSA) is 106 Å². The molecule has 5 rings (SSSR count). The number of carbonyl (C=O) groups is 1. The third-order valence-corrected chi connectivity index (χ3v) is 11.2. The fourth-order valence-electron chi connectivity index (χ4n) is 6.58. The molecule has 1 aliphatic carbocycles. The van der Waals surface area contributed by atoms with Crippen molar-refractivity contribution >= 4 is 47.0 Å². The lowest BCUT2D eigenvalue weighted by Gasteiger charge is -2.34. The molecule has 1 saturated heterocycles. The molecule has 3 aromatic rings. The van der Waals surface area contributed by atoms with Gasteiger partial charge in [-0.2, -0.15) is 0 Å². The molecule has 9 nitrogen and oxygen atoms in total. The maximum atomic E-state index is 13.5. The molecule has 2 aromatic heterocycles. The maximum absolute atomic E-state index is 13.5. The number of amides is 1. The summed E-state index contributed by atoms with van der Waals surface area (Å²) in [5, 5.41) is 4.58. The highest BCUT2D eigenvalue weighted by Gasteiger charge is 2.72. The van der Waals surface area contributed by atoms with Crippen LogP contribution >= 0.6 is 25.3 Å². The van der Waals surface area contributed by atoms with E-state index in [9.17, 15) is 13.2 Å². The van der Waals surface area contributed by atoms with Crippen molar-refractivity contribution in [3.05, 3.63) is 60.3 Å². The van der Waals surface area contributed by atoms with E-state index in [4.69, 9.17) is 35.0 Å². The summed E-state index contributed by atoms with van der Waals surface area (Å²) in [6.07, 6.45) is 2.61. The van der Waals surface area contributed by atoms with E-state index >= 15 is 0 Å². The van der Waals surface area contributed by atoms with Crippen LogP contribution in [0.25, 0.3) is 5.82 Å². The van der Waals surface area contributed by atoms with Crippen LogP contribution in [0.3, 0.4) is 0 Å². The molecule has 1 aromatic carbocycles. The van der Waals surface area contributed by atoms with E-state index in [2.05, 4.69) is 63.2 Å². The van der Waals surface area contributed by atoms with E-state index in [1.165, 1.54) is 12.1 Å². The van der Waals surface area contributed by atoms with Crippen molar-refractivity contribution in [2.45, 2.75) is 69.6 Å². The van der Waals surface area contributed by atoms with Gasteiger partial charge in [-0.15, -0.1) is 30.4 Å². The minimum Gasteiger partial charge on any atom is -0.449 e. The molecule has 2 aliphatic rings. The Hall–Kier alpha value is -2.70. The number of benzene rings is 1. The quantitative estimate of drug-likeness (QED) is 0.221. The Bertz CT molecular complexity index is 1600. The van der Waals surface area contributed by atoms with Gasteiger partial charge in [0.05, 0.1) is 10.5 Å². The van der Waals surface area contributed by atoms with Crippen LogP contribution in [-0.2, 0) is 10.0 Å². The van der Waals surface area contributed by atoms with Gasteiger partial charge in [-0.1, -0.05) is 52.8 Å². The van der Waals surface area contributed by atoms with Gasteiger partial charge in [-0.3, -0.25) is 4.79 Å². The molecule has 1 saturated carbocycles. The zero-order valence-corrected chi connectivity index (χ0v) is 27.6. The Morgan fingerprint density at radius 2 is 1.67 bits per heavy atom. The maximum Gasteiger partial charge on any atom is 0.268 e. The van der Waals surface area contributed by atoms with Gasteiger partial charge in [0.15, 0.2) is 5.82 Å². The number of nitrogens with zero attached hydrogens (tertiary/aromatic N) is 4. The number of carbonyl (C=O) groups excluding carboxylic acids is 1. The number of thiol groups is 2. The fraction of sp³-hybridized carbons (Fsp3) is 0.500. The van der Waals surface area contributed by atoms with Crippen LogP contribution in [0.5, 0.6) is 5.88 Å². The monoisotopic (exact) mass is 629 g/mol. The van der Waals surface area contributed by atoms with Crippen molar-refractivity contribution in [3.8, 4) is 11.7 Å². The zero-order chi connectivity index (χ0) is 30.9. The highest BCUT2D eigenvalue weighted by Crippen LogP contribution is 2.73. The molecular weight excluding hydrogens is 591 g/mol. The smallest absolute Gasteiger partial charge is 0.268 e. The summed E-state index contributed by atoms with van der Waals surface area (Å²) in [5.74, 6) is 0.871. The average Bonchev–Trinajstić information content (AvgIpc) is 3.21. The van der Waals surface area contributed by atoms with Crippen LogP contribution < -0.4 is 14.4 Å². The van der Waals surface area contributed by atoms with Gasteiger partial charge in [0.1, 0.15) is 5.82 Å². The highest BCUT2D eigenvalue weighted by molar-refractivity contribution is 8.00. The normalized spacial score (nSPS) is 21.3. The molecule has 1 amide bonds. The molecule has 42 heavy (non-hydrogen) atoms. The van der Waals surface area contributed by atoms with Crippen LogP contribution in [0.1, 0.15) is 65.2 Å². The lowest BCUT2D eigenvalue weighted by Crippen LogP contribution is -2.41. The van der Waals surface area contributed by atoms with Crippen LogP contribution in [0, 0.1) is 22.7 Å². The predicted octanol–water partition coefficient (Wildman–Crippen LogP) is 5.59. The summed E-state index contributed by atoms with van der Waals surface area (Å²) < 4.78 is 34.8. The van der Waals surface area contributed by atoms with Crippen LogP contribution in [0.15, 0.2) is 59.6 Å². The summed E-state index contributed by atoms with van der Waals surface area (Å²) >= 11 is 9.51. The summed E-state index contributed by atoms with van der Waals surface area (Å²) in [5.41, 5.74) is -0.149. The molecular formula is C30H39N5O4S3. The SMILES string of the molecule is C[C@@H]1CN(c2nc(-n3ccc(OC(S)(S)C4C(C)(C)C4(C)C)n3)ccc2C(=O)NS(=O)(=O)c2ccccc2)C(C)(C)C1. The standard InChI is InChI=1S/C30H39N5O4S3/c1-19-17-27(2,3)34(18-19)24-21(25(36)33-42(37,38)20-11-9-8-10-12-20)13-14-22(31-24)35-16-15-23(32-35)39-30(40,41)26-28(4,5)29(26,6)7/h8-16,19,26,40-41H,17-18H2,1-7H3,(H,33,36)/t19-/m0/s1. The first kappa shape index (κ1) is 30.7. The van der Waals surface area contributed by atoms with E-state index < -0.39 is 20.2 Å². The van der Waals surface area contributed by atoms with E-state index in [1.54, 1.807) is 47.3 Å². The Kier molecular flexibility index (Phi) is 7.46. The summed E-state index contributed by atoms with van der Waals surface area (Å²) in [7, 11) is -4.08. The van der Waals surface area contributed by atoms with Crippen LogP contribution in [0.2, 0.25) is 0 Å². The third-order valence-electron chi connectivity index (χ3n) is 9.17. The molecule has 0 bridgehead atoms. The molecule has 0 radical (unpaired) electrons. The second kappa shape index (κ2) is 10.2. The van der Waals surface area contributed by atoms with Gasteiger partial charge in [0, 0.05) is 30.3 Å². The molecule has 226 valence electrons. The lowest BCUT2D eigenvalue weighted by molar-refractivity contribution is 0.0981. The number of hydrogen-bond acceptors (Lipinski definition) is 9. The van der Waals surface area contributed by atoms with Crippen LogP contribution in [-0.4, -0.2) is 45.4 Å². The van der Waals surface area contributed by atoms with Crippen molar-refractivity contribution in [2.75, 3.05) is 11.4 Å². The van der Waals surface area contributed by atoms with Gasteiger partial charge in [-0.05, 0) is 61.3 Å². The molecule has 0 spiro atoms. The Labute approximate surface area is 259 Å². The van der Waals surface area contributed by atoms with E-state index in [1.807, 2.05) is 0 Å². The van der Waals surface area contributed by atoms with Gasteiger partial charge in [0.2, 0.25) is 10.1 Å². The third kappa shape index (κ3) is 5.41. The van der Waals surface area contributed by atoms with E-state index in [0.717, 1.165) is 6.42 Å². The largest absolute Gasteiger partial charge is 0.449 e. The van der Waals surface area contributed by atoms with Crippen molar-refractivity contribution in [3.63, 3.8) is 0 Å². The van der Waals surface area contributed by atoms with Crippen LogP contribution in [0.4, 0.5) is 5.82 Å². The lowest BCUT2D eigenvalue weighted by atomic mass is 9.97. The molecule has 1 N–H and O–H groups in total. The van der Waals surface area contributed by atoms with Gasteiger partial charge in [0.25, 0.3) is 15.9 Å². The van der Waals surface area contributed by atoms with Crippen molar-refractivity contribution in [1.82, 2.24) is 19.5 Å². The van der Waals surface area contributed by atoms with E-state index in [0.29, 0.717) is 30.0 Å². The molecule has 1 atom stereocenters. The molecule has 0 unspecified atom stereocenters. The van der Waals surface area contributed by atoms with Gasteiger partial charge < -0.3 is 9.64 Å². The van der Waals surface area contributed by atoms with Crippen molar-refractivity contribution in [2.24, 2.45) is 22.7 Å². The number of sulfonamides is 1. The predicted molar refractivity (Wildman–Crippen MR) is 170 cm³/mol. The van der Waals surface area contributed by atoms with Crippen molar-refractivity contribution in [1.29, 1.82) is 0 Å². The zero-order valence-electron chi connectivity index (χ0n) is 25.0. The number of aromatic nitrogens is 3. The average molecular weight is 630 g/mol. The number of ether oxygens (including phenoxy) is 1. The van der Waals surface area contributed by atoms with Crippen molar-refractivity contribution < 1.29 is 17.9 Å². The Morgan fingerprint density at radius 1 is 1.02 bits per heavy atom. The second-order valence-electron chi connectivity index (χ2n) is 13.3. The number of pyridine rings is 1. The first-order valence-corrected chi connectivity index (χ1v) is 16.4. The molecule has 3 heterocycles. The van der Waals surface area contributed by atoms with E-state index in [-0.39, 0.29) is 32.7 Å². The second-order valence-corrected chi connectivity index (χ2v) is 16.6. The van der Waals surface area contributed by atoms with Gasteiger partial charge in [-0.25, -0.2) is 22.8 Å². The molecule has 2 fully saturated rings. The van der Waals surface area contributed by atoms with Gasteiger partial charge >= 0.3 is 0 Å². The first-order valence-electron chi connectivity index (χ1n) is 14.0. The summed E-state index contributed by atoms with van der Waals surface area (Å²) in [4.78, 5) is 20.4. The molecule has 1 aliphatic heterocycles. The minimum absolute atomic E-state index is 0.000410. The summed E-state index contributed by atoms with van der Waals surface area (Å²) in [6, 6.07) is 12.8. The number of anilines is 1. The highest BCUT2D eigenvalue weighted by atomic mass is 32.2. The number of hydrogen-bond donors (Lipinski definition) is 3. The molecule has 12 heteroatoms. The Balaban J connectivity index is 1.47. The fourth-order valence-corrected chi connectivity index (χ4v) is 9.05. The number of rotatable bonds is 8.